The van der Waals surface area contributed by atoms with E-state index in [1.54, 1.807) is 6.07 Å². The Morgan fingerprint density at radius 2 is 2.15 bits per heavy atom. The molecule has 1 unspecified atom stereocenters. The summed E-state index contributed by atoms with van der Waals surface area (Å²) in [6, 6.07) is 4.46. The molecule has 4 nitrogen and oxygen atoms in total. The minimum Gasteiger partial charge on any atom is -0.258 e. The number of hydrogen-bond acceptors (Lipinski definition) is 3. The molecule has 1 aromatic rings. The lowest BCUT2D eigenvalue weighted by atomic mass is 10.3. The highest BCUT2D eigenvalue weighted by Crippen LogP contribution is 2.25. The Morgan fingerprint density at radius 3 is 2.62 bits per heavy atom. The average Bonchev–Trinajstić information content (AvgIpc) is 2.03. The fourth-order valence-corrected chi connectivity index (χ4v) is 1.91. The Labute approximate surface area is 85.7 Å². The van der Waals surface area contributed by atoms with Gasteiger partial charge in [-0.15, -0.1) is 0 Å². The van der Waals surface area contributed by atoms with Crippen molar-refractivity contribution in [3.8, 4) is 0 Å². The van der Waals surface area contributed by atoms with Gasteiger partial charge >= 0.3 is 0 Å². The molecule has 0 aliphatic heterocycles. The molecule has 0 aromatic heterocycles. The molecule has 1 atom stereocenters. The summed E-state index contributed by atoms with van der Waals surface area (Å²) in [5.74, 6) is 0. The van der Waals surface area contributed by atoms with E-state index in [0.29, 0.717) is 4.47 Å². The van der Waals surface area contributed by atoms with Crippen molar-refractivity contribution in [1.29, 1.82) is 0 Å². The highest BCUT2D eigenvalue weighted by Gasteiger charge is 2.16. The summed E-state index contributed by atoms with van der Waals surface area (Å²) in [5.41, 5.74) is -0.116. The molecule has 6 heteroatoms. The third-order valence-corrected chi connectivity index (χ3v) is 2.89. The van der Waals surface area contributed by atoms with Crippen molar-refractivity contribution in [2.45, 2.75) is 4.90 Å². The van der Waals surface area contributed by atoms with Crippen LogP contribution in [-0.4, -0.2) is 15.4 Å². The van der Waals surface area contributed by atoms with Crippen LogP contribution in [0, 0.1) is 10.1 Å². The van der Waals surface area contributed by atoms with Crippen LogP contribution in [0.25, 0.3) is 0 Å². The lowest BCUT2D eigenvalue weighted by molar-refractivity contribution is -0.387. The molecule has 0 N–H and O–H groups in total. The maximum Gasteiger partial charge on any atom is 0.286 e. The number of benzene rings is 1. The highest BCUT2D eigenvalue weighted by atomic mass is 79.9. The van der Waals surface area contributed by atoms with Gasteiger partial charge in [-0.05, 0) is 12.1 Å². The van der Waals surface area contributed by atoms with Gasteiger partial charge in [0.2, 0.25) is 0 Å². The van der Waals surface area contributed by atoms with Crippen molar-refractivity contribution in [3.63, 3.8) is 0 Å². The first-order valence-electron chi connectivity index (χ1n) is 3.29. The minimum absolute atomic E-state index is 0.116. The summed E-state index contributed by atoms with van der Waals surface area (Å²) in [6.45, 7) is 0. The van der Waals surface area contributed by atoms with Crippen LogP contribution in [0.2, 0.25) is 0 Å². The summed E-state index contributed by atoms with van der Waals surface area (Å²) < 4.78 is 11.7. The lowest BCUT2D eigenvalue weighted by Gasteiger charge is -1.98. The average molecular weight is 264 g/mol. The van der Waals surface area contributed by atoms with E-state index < -0.39 is 15.7 Å². The Hall–Kier alpha value is -0.750. The Bertz CT molecular complexity index is 380. The zero-order valence-corrected chi connectivity index (χ0v) is 9.09. The van der Waals surface area contributed by atoms with Crippen LogP contribution in [0.4, 0.5) is 5.69 Å². The molecule has 0 saturated heterocycles. The molecule has 1 aromatic carbocycles. The van der Waals surface area contributed by atoms with E-state index in [9.17, 15) is 14.3 Å². The van der Waals surface area contributed by atoms with Gasteiger partial charge in [0.15, 0.2) is 0 Å². The topological polar surface area (TPSA) is 60.2 Å². The number of nitro benzene ring substituents is 1. The molecule has 0 amide bonds. The number of halogens is 1. The fraction of sp³-hybridized carbons (Fsp3) is 0.143. The van der Waals surface area contributed by atoms with Crippen LogP contribution in [0.3, 0.4) is 0 Å². The second kappa shape index (κ2) is 3.97. The zero-order valence-electron chi connectivity index (χ0n) is 6.69. The summed E-state index contributed by atoms with van der Waals surface area (Å²) in [6.07, 6.45) is 1.41. The predicted molar refractivity (Wildman–Crippen MR) is 53.1 cm³/mol. The molecule has 0 radical (unpaired) electrons. The van der Waals surface area contributed by atoms with E-state index in [2.05, 4.69) is 15.9 Å². The summed E-state index contributed by atoms with van der Waals surface area (Å²) in [5, 5.41) is 10.5. The van der Waals surface area contributed by atoms with Crippen LogP contribution in [0.1, 0.15) is 0 Å². The van der Waals surface area contributed by atoms with Gasteiger partial charge in [0.1, 0.15) is 4.90 Å². The third kappa shape index (κ3) is 2.35. The van der Waals surface area contributed by atoms with Gasteiger partial charge in [0.25, 0.3) is 5.69 Å². The van der Waals surface area contributed by atoms with Crippen LogP contribution in [-0.2, 0) is 10.8 Å². The molecular weight excluding hydrogens is 258 g/mol. The van der Waals surface area contributed by atoms with Crippen LogP contribution >= 0.6 is 15.9 Å². The molecule has 0 saturated carbocycles. The standard InChI is InChI=1S/C7H6BrNO3S/c1-13(12)7-3-2-5(8)4-6(7)9(10)11/h2-4H,1H3. The zero-order chi connectivity index (χ0) is 10.0. The normalized spacial score (nSPS) is 12.5. The van der Waals surface area contributed by atoms with Gasteiger partial charge in [0.05, 0.1) is 15.7 Å². The number of hydrogen-bond donors (Lipinski definition) is 0. The van der Waals surface area contributed by atoms with Crippen molar-refractivity contribution < 1.29 is 9.13 Å². The quantitative estimate of drug-likeness (QED) is 0.607. The number of nitro groups is 1. The Balaban J connectivity index is 3.35. The predicted octanol–water partition coefficient (Wildman–Crippen LogP) is 2.09. The maximum atomic E-state index is 11.1. The summed E-state index contributed by atoms with van der Waals surface area (Å²) >= 11 is 3.11. The fourth-order valence-electron chi connectivity index (χ4n) is 0.876. The SMILES string of the molecule is CS(=O)c1ccc(Br)cc1[N+](=O)[O-]. The molecule has 13 heavy (non-hydrogen) atoms. The van der Waals surface area contributed by atoms with Crippen LogP contribution in [0.5, 0.6) is 0 Å². The second-order valence-electron chi connectivity index (χ2n) is 2.32. The Kier molecular flexibility index (Phi) is 3.16. The van der Waals surface area contributed by atoms with Gasteiger partial charge in [-0.25, -0.2) is 0 Å². The minimum atomic E-state index is -1.33. The van der Waals surface area contributed by atoms with Crippen LogP contribution < -0.4 is 0 Å². The lowest BCUT2D eigenvalue weighted by Crippen LogP contribution is -1.96. The van der Waals surface area contributed by atoms with Gasteiger partial charge in [0, 0.05) is 16.8 Å². The molecule has 0 fully saturated rings. The largest absolute Gasteiger partial charge is 0.286 e. The monoisotopic (exact) mass is 263 g/mol. The smallest absolute Gasteiger partial charge is 0.258 e. The van der Waals surface area contributed by atoms with E-state index in [4.69, 9.17) is 0 Å². The van der Waals surface area contributed by atoms with Crippen molar-refractivity contribution in [1.82, 2.24) is 0 Å². The molecule has 0 aliphatic carbocycles. The second-order valence-corrected chi connectivity index (χ2v) is 4.59. The molecule has 0 heterocycles. The van der Waals surface area contributed by atoms with E-state index >= 15 is 0 Å². The van der Waals surface area contributed by atoms with Crippen molar-refractivity contribution in [2.24, 2.45) is 0 Å². The molecule has 70 valence electrons. The highest BCUT2D eigenvalue weighted by molar-refractivity contribution is 9.10. The maximum absolute atomic E-state index is 11.1. The Morgan fingerprint density at radius 1 is 1.54 bits per heavy atom. The van der Waals surface area contributed by atoms with E-state index in [1.807, 2.05) is 0 Å². The van der Waals surface area contributed by atoms with E-state index in [-0.39, 0.29) is 10.6 Å². The molecular formula is C7H6BrNO3S. The first-order valence-corrected chi connectivity index (χ1v) is 5.65. The first kappa shape index (κ1) is 10.3. The number of rotatable bonds is 2. The van der Waals surface area contributed by atoms with Crippen molar-refractivity contribution in [2.75, 3.05) is 6.26 Å². The van der Waals surface area contributed by atoms with Gasteiger partial charge < -0.3 is 0 Å². The number of nitrogens with zero attached hydrogens (tertiary/aromatic N) is 1. The van der Waals surface area contributed by atoms with Gasteiger partial charge in [-0.3, -0.25) is 14.3 Å². The first-order chi connectivity index (χ1) is 6.02. The van der Waals surface area contributed by atoms with Crippen molar-refractivity contribution >= 4 is 32.4 Å². The van der Waals surface area contributed by atoms with Crippen LogP contribution in [0.15, 0.2) is 27.6 Å². The van der Waals surface area contributed by atoms with E-state index in [1.165, 1.54) is 18.4 Å². The molecule has 0 spiro atoms. The third-order valence-electron chi connectivity index (χ3n) is 1.43. The molecule has 1 rings (SSSR count). The summed E-state index contributed by atoms with van der Waals surface area (Å²) in [4.78, 5) is 10.2. The van der Waals surface area contributed by atoms with E-state index in [0.717, 1.165) is 0 Å². The van der Waals surface area contributed by atoms with Crippen molar-refractivity contribution in [3.05, 3.63) is 32.8 Å². The summed E-state index contributed by atoms with van der Waals surface area (Å²) in [7, 11) is -1.33. The van der Waals surface area contributed by atoms with Gasteiger partial charge in [-0.2, -0.15) is 0 Å². The molecule has 0 bridgehead atoms. The van der Waals surface area contributed by atoms with Gasteiger partial charge in [-0.1, -0.05) is 15.9 Å². The molecule has 0 aliphatic rings.